The zero-order valence-corrected chi connectivity index (χ0v) is 15.0. The largest absolute Gasteiger partial charge is 0.378 e. The highest BCUT2D eigenvalue weighted by atomic mass is 16.5. The molecule has 1 aromatic heterocycles. The van der Waals surface area contributed by atoms with Crippen LogP contribution in [0, 0.1) is 5.92 Å². The van der Waals surface area contributed by atoms with Gasteiger partial charge in [0.1, 0.15) is 6.54 Å². The molecule has 142 valence electrons. The van der Waals surface area contributed by atoms with Crippen molar-refractivity contribution in [2.24, 2.45) is 5.92 Å². The summed E-state index contributed by atoms with van der Waals surface area (Å²) in [6.45, 7) is 2.60. The molecule has 1 aromatic rings. The monoisotopic (exact) mass is 361 g/mol. The van der Waals surface area contributed by atoms with E-state index in [9.17, 15) is 9.59 Å². The SMILES string of the molecule is O=C(Nc1cnn(CC(=O)N2CCOCC2)c1)C1CC2CCCCC2N1. The quantitative estimate of drug-likeness (QED) is 0.820. The molecule has 1 aliphatic carbocycles. The number of fused-ring (bicyclic) bond motifs is 1. The van der Waals surface area contributed by atoms with Crippen molar-refractivity contribution in [3.63, 3.8) is 0 Å². The van der Waals surface area contributed by atoms with Crippen LogP contribution >= 0.6 is 0 Å². The highest BCUT2D eigenvalue weighted by molar-refractivity contribution is 5.94. The van der Waals surface area contributed by atoms with Crippen LogP contribution in [0.15, 0.2) is 12.4 Å². The maximum Gasteiger partial charge on any atom is 0.244 e. The van der Waals surface area contributed by atoms with Crippen molar-refractivity contribution in [3.05, 3.63) is 12.4 Å². The third kappa shape index (κ3) is 3.91. The molecule has 26 heavy (non-hydrogen) atoms. The second kappa shape index (κ2) is 7.75. The first-order chi connectivity index (χ1) is 12.7. The Morgan fingerprint density at radius 3 is 2.88 bits per heavy atom. The van der Waals surface area contributed by atoms with Crippen LogP contribution < -0.4 is 10.6 Å². The van der Waals surface area contributed by atoms with Crippen molar-refractivity contribution >= 4 is 17.5 Å². The fourth-order valence-electron chi connectivity index (χ4n) is 4.32. The van der Waals surface area contributed by atoms with Crippen LogP contribution in [0.3, 0.4) is 0 Å². The molecule has 0 spiro atoms. The summed E-state index contributed by atoms with van der Waals surface area (Å²) in [4.78, 5) is 26.6. The topological polar surface area (TPSA) is 88.5 Å². The Hall–Kier alpha value is -1.93. The predicted molar refractivity (Wildman–Crippen MR) is 95.5 cm³/mol. The minimum Gasteiger partial charge on any atom is -0.378 e. The molecule has 0 bridgehead atoms. The Morgan fingerprint density at radius 1 is 1.27 bits per heavy atom. The van der Waals surface area contributed by atoms with Crippen molar-refractivity contribution < 1.29 is 14.3 Å². The van der Waals surface area contributed by atoms with Gasteiger partial charge in [0, 0.05) is 25.3 Å². The summed E-state index contributed by atoms with van der Waals surface area (Å²) in [7, 11) is 0. The third-order valence-electron chi connectivity index (χ3n) is 5.74. The minimum atomic E-state index is -0.124. The first-order valence-electron chi connectivity index (χ1n) is 9.64. The maximum atomic E-state index is 12.5. The van der Waals surface area contributed by atoms with Gasteiger partial charge in [-0.15, -0.1) is 0 Å². The lowest BCUT2D eigenvalue weighted by molar-refractivity contribution is -0.136. The number of ether oxygens (including phenoxy) is 1. The van der Waals surface area contributed by atoms with E-state index in [-0.39, 0.29) is 24.4 Å². The van der Waals surface area contributed by atoms with Crippen molar-refractivity contribution in [1.29, 1.82) is 0 Å². The van der Waals surface area contributed by atoms with E-state index < -0.39 is 0 Å². The van der Waals surface area contributed by atoms with Gasteiger partial charge in [0.25, 0.3) is 0 Å². The van der Waals surface area contributed by atoms with E-state index in [2.05, 4.69) is 15.7 Å². The summed E-state index contributed by atoms with van der Waals surface area (Å²) in [5.74, 6) is 0.655. The molecule has 3 aliphatic rings. The maximum absolute atomic E-state index is 12.5. The van der Waals surface area contributed by atoms with Crippen molar-refractivity contribution in [2.45, 2.75) is 50.7 Å². The lowest BCUT2D eigenvalue weighted by atomic mass is 9.85. The molecule has 8 heteroatoms. The fourth-order valence-corrected chi connectivity index (χ4v) is 4.32. The molecule has 2 amide bonds. The molecule has 4 rings (SSSR count). The third-order valence-corrected chi connectivity index (χ3v) is 5.74. The van der Waals surface area contributed by atoms with E-state index in [4.69, 9.17) is 4.74 Å². The van der Waals surface area contributed by atoms with Crippen molar-refractivity contribution in [2.75, 3.05) is 31.6 Å². The van der Waals surface area contributed by atoms with E-state index in [1.54, 1.807) is 22.0 Å². The number of hydrogen-bond acceptors (Lipinski definition) is 5. The Morgan fingerprint density at radius 2 is 2.08 bits per heavy atom. The van der Waals surface area contributed by atoms with Crippen LogP contribution in [-0.2, 0) is 20.9 Å². The van der Waals surface area contributed by atoms with Crippen molar-refractivity contribution in [1.82, 2.24) is 20.0 Å². The molecule has 3 atom stereocenters. The first kappa shape index (κ1) is 17.5. The Labute approximate surface area is 153 Å². The molecule has 3 heterocycles. The highest BCUT2D eigenvalue weighted by Crippen LogP contribution is 2.33. The number of nitrogens with one attached hydrogen (secondary N) is 2. The second-order valence-electron chi connectivity index (χ2n) is 7.51. The van der Waals surface area contributed by atoms with Gasteiger partial charge in [-0.3, -0.25) is 14.3 Å². The second-order valence-corrected chi connectivity index (χ2v) is 7.51. The smallest absolute Gasteiger partial charge is 0.244 e. The van der Waals surface area contributed by atoms with E-state index in [1.807, 2.05) is 0 Å². The van der Waals surface area contributed by atoms with Gasteiger partial charge >= 0.3 is 0 Å². The lowest BCUT2D eigenvalue weighted by Gasteiger charge is -2.26. The first-order valence-corrected chi connectivity index (χ1v) is 9.64. The molecule has 3 fully saturated rings. The summed E-state index contributed by atoms with van der Waals surface area (Å²) < 4.78 is 6.84. The Kier molecular flexibility index (Phi) is 5.21. The van der Waals surface area contributed by atoms with Gasteiger partial charge in [0.15, 0.2) is 0 Å². The number of rotatable bonds is 4. The molecular formula is C18H27N5O3. The molecule has 2 saturated heterocycles. The zero-order chi connectivity index (χ0) is 17.9. The predicted octanol–water partition coefficient (Wildman–Crippen LogP) is 0.601. The molecule has 0 aromatic carbocycles. The lowest BCUT2D eigenvalue weighted by Crippen LogP contribution is -2.42. The van der Waals surface area contributed by atoms with Gasteiger partial charge in [-0.05, 0) is 25.2 Å². The number of carbonyl (C=O) groups is 2. The van der Waals surface area contributed by atoms with Gasteiger partial charge in [-0.2, -0.15) is 5.10 Å². The molecule has 1 saturated carbocycles. The number of aromatic nitrogens is 2. The average molecular weight is 361 g/mol. The molecule has 0 radical (unpaired) electrons. The summed E-state index contributed by atoms with van der Waals surface area (Å²) >= 11 is 0. The van der Waals surface area contributed by atoms with Gasteiger partial charge in [-0.25, -0.2) is 0 Å². The highest BCUT2D eigenvalue weighted by Gasteiger charge is 2.38. The molecule has 8 nitrogen and oxygen atoms in total. The Bertz CT molecular complexity index is 641. The van der Waals surface area contributed by atoms with Crippen LogP contribution in [0.1, 0.15) is 32.1 Å². The van der Waals surface area contributed by atoms with Gasteiger partial charge in [0.2, 0.25) is 11.8 Å². The molecule has 2 aliphatic heterocycles. The molecule has 3 unspecified atom stereocenters. The standard InChI is InChI=1S/C18H27N5O3/c24-17(22-5-7-26-8-6-22)12-23-11-14(10-19-23)20-18(25)16-9-13-3-1-2-4-15(13)21-16/h10-11,13,15-16,21H,1-9,12H2,(H,20,25). The van der Waals surface area contributed by atoms with Crippen LogP contribution in [-0.4, -0.2) is 64.9 Å². The zero-order valence-electron chi connectivity index (χ0n) is 15.0. The normalized spacial score (nSPS) is 28.6. The van der Waals surface area contributed by atoms with Gasteiger partial charge in [0.05, 0.1) is 31.1 Å². The van der Waals surface area contributed by atoms with E-state index >= 15 is 0 Å². The number of nitrogens with zero attached hydrogens (tertiary/aromatic N) is 3. The average Bonchev–Trinajstić information content (AvgIpc) is 3.29. The van der Waals surface area contributed by atoms with E-state index in [0.717, 1.165) is 6.42 Å². The summed E-state index contributed by atoms with van der Waals surface area (Å²) in [6.07, 6.45) is 9.18. The number of carbonyl (C=O) groups excluding carboxylic acids is 2. The molecule has 2 N–H and O–H groups in total. The van der Waals surface area contributed by atoms with Crippen LogP contribution in [0.5, 0.6) is 0 Å². The van der Waals surface area contributed by atoms with Crippen molar-refractivity contribution in [3.8, 4) is 0 Å². The Balaban J connectivity index is 1.29. The number of anilines is 1. The van der Waals surface area contributed by atoms with Crippen LogP contribution in [0.4, 0.5) is 5.69 Å². The van der Waals surface area contributed by atoms with E-state index in [0.29, 0.717) is 44.0 Å². The van der Waals surface area contributed by atoms with Crippen LogP contribution in [0.25, 0.3) is 0 Å². The molecular weight excluding hydrogens is 334 g/mol. The van der Waals surface area contributed by atoms with Crippen LogP contribution in [0.2, 0.25) is 0 Å². The van der Waals surface area contributed by atoms with Gasteiger partial charge in [-0.1, -0.05) is 12.8 Å². The minimum absolute atomic E-state index is 0.00143. The number of hydrogen-bond donors (Lipinski definition) is 2. The summed E-state index contributed by atoms with van der Waals surface area (Å²) in [5.41, 5.74) is 0.640. The summed E-state index contributed by atoms with van der Waals surface area (Å²) in [6, 6.07) is 0.370. The number of amides is 2. The fraction of sp³-hybridized carbons (Fsp3) is 0.722. The number of morpholine rings is 1. The van der Waals surface area contributed by atoms with E-state index in [1.165, 1.54) is 25.7 Å². The van der Waals surface area contributed by atoms with Gasteiger partial charge < -0.3 is 20.3 Å². The summed E-state index contributed by atoms with van der Waals surface area (Å²) in [5, 5.41) is 10.6.